The minimum absolute atomic E-state index is 0.171. The summed E-state index contributed by atoms with van der Waals surface area (Å²) in [6, 6.07) is 0. The molecule has 0 bridgehead atoms. The summed E-state index contributed by atoms with van der Waals surface area (Å²) in [5, 5.41) is 9.57. The zero-order valence-electron chi connectivity index (χ0n) is 13.0. The van der Waals surface area contributed by atoms with E-state index in [1.54, 1.807) is 0 Å². The Kier molecular flexibility index (Phi) is 5.04. The van der Waals surface area contributed by atoms with Gasteiger partial charge in [0.1, 0.15) is 0 Å². The van der Waals surface area contributed by atoms with E-state index in [0.29, 0.717) is 6.54 Å². The summed E-state index contributed by atoms with van der Waals surface area (Å²) in [4.78, 5) is 16.3. The number of carboxylic acid groups (broad SMARTS) is 1. The molecule has 2 fully saturated rings. The van der Waals surface area contributed by atoms with Crippen molar-refractivity contribution >= 4 is 5.97 Å². The van der Waals surface area contributed by atoms with Gasteiger partial charge in [-0.25, -0.2) is 0 Å². The van der Waals surface area contributed by atoms with E-state index in [9.17, 15) is 9.90 Å². The molecule has 0 amide bonds. The highest BCUT2D eigenvalue weighted by Crippen LogP contribution is 2.38. The minimum atomic E-state index is -0.644. The lowest BCUT2D eigenvalue weighted by Gasteiger charge is -2.35. The molecule has 0 aromatic rings. The van der Waals surface area contributed by atoms with Gasteiger partial charge in [-0.15, -0.1) is 0 Å². The lowest BCUT2D eigenvalue weighted by atomic mass is 9.76. The molecule has 5 heteroatoms. The van der Waals surface area contributed by atoms with Crippen LogP contribution in [0.3, 0.4) is 0 Å². The summed E-state index contributed by atoms with van der Waals surface area (Å²) in [6.45, 7) is 12.4. The highest BCUT2D eigenvalue weighted by Gasteiger charge is 2.47. The van der Waals surface area contributed by atoms with Crippen LogP contribution in [0.5, 0.6) is 0 Å². The Morgan fingerprint density at radius 3 is 2.70 bits per heavy atom. The van der Waals surface area contributed by atoms with Crippen LogP contribution in [0.1, 0.15) is 27.2 Å². The molecule has 116 valence electrons. The molecule has 2 aliphatic rings. The average Bonchev–Trinajstić information content (AvgIpc) is 2.84. The van der Waals surface area contributed by atoms with Gasteiger partial charge in [-0.05, 0) is 25.4 Å². The Balaban J connectivity index is 1.91. The van der Waals surface area contributed by atoms with Gasteiger partial charge in [0.2, 0.25) is 0 Å². The van der Waals surface area contributed by atoms with Gasteiger partial charge in [-0.2, -0.15) is 0 Å². The first-order chi connectivity index (χ1) is 9.48. The smallest absolute Gasteiger partial charge is 0.311 e. The normalized spacial score (nSPS) is 32.9. The Morgan fingerprint density at radius 2 is 2.15 bits per heavy atom. The second kappa shape index (κ2) is 6.41. The summed E-state index contributed by atoms with van der Waals surface area (Å²) < 4.78 is 5.83. The molecule has 0 saturated carbocycles. The number of carbonyl (C=O) groups is 1. The first-order valence-corrected chi connectivity index (χ1v) is 7.77. The van der Waals surface area contributed by atoms with E-state index in [2.05, 4.69) is 16.7 Å². The van der Waals surface area contributed by atoms with E-state index >= 15 is 0 Å². The fraction of sp³-hybridized carbons (Fsp3) is 0.933. The number of rotatable bonds is 5. The summed E-state index contributed by atoms with van der Waals surface area (Å²) in [7, 11) is 0. The van der Waals surface area contributed by atoms with Crippen molar-refractivity contribution in [2.75, 3.05) is 45.9 Å². The number of carboxylic acids is 1. The average molecular weight is 284 g/mol. The Bertz CT molecular complexity index is 348. The first kappa shape index (κ1) is 15.7. The molecule has 2 aliphatic heterocycles. The number of hydrogen-bond donors (Lipinski definition) is 1. The van der Waals surface area contributed by atoms with Crippen LogP contribution in [0, 0.1) is 11.3 Å². The molecule has 0 aromatic carbocycles. The molecule has 20 heavy (non-hydrogen) atoms. The maximum Gasteiger partial charge on any atom is 0.311 e. The molecular formula is C15H28N2O3. The van der Waals surface area contributed by atoms with Gasteiger partial charge in [0.25, 0.3) is 0 Å². The molecule has 0 aliphatic carbocycles. The minimum Gasteiger partial charge on any atom is -0.481 e. The predicted octanol–water partition coefficient (Wildman–Crippen LogP) is 1.14. The highest BCUT2D eigenvalue weighted by atomic mass is 16.5. The molecule has 2 unspecified atom stereocenters. The maximum atomic E-state index is 11.6. The number of hydrogen-bond acceptors (Lipinski definition) is 4. The van der Waals surface area contributed by atoms with E-state index in [4.69, 9.17) is 4.74 Å². The first-order valence-electron chi connectivity index (χ1n) is 7.77. The van der Waals surface area contributed by atoms with E-state index in [0.717, 1.165) is 45.8 Å². The summed E-state index contributed by atoms with van der Waals surface area (Å²) in [5.41, 5.74) is -0.570. The van der Waals surface area contributed by atoms with Crippen LogP contribution in [0.2, 0.25) is 0 Å². The lowest BCUT2D eigenvalue weighted by molar-refractivity contribution is -0.151. The third-order valence-electron chi connectivity index (χ3n) is 5.04. The Morgan fingerprint density at radius 1 is 1.40 bits per heavy atom. The molecule has 0 spiro atoms. The number of likely N-dealkylation sites (N-methyl/N-ethyl adjacent to an activating group) is 1. The van der Waals surface area contributed by atoms with Crippen molar-refractivity contribution in [3.63, 3.8) is 0 Å². The molecule has 0 aromatic heterocycles. The van der Waals surface area contributed by atoms with Gasteiger partial charge in [0.15, 0.2) is 0 Å². The van der Waals surface area contributed by atoms with Gasteiger partial charge < -0.3 is 9.84 Å². The number of morpholine rings is 1. The van der Waals surface area contributed by atoms with Gasteiger partial charge in [-0.1, -0.05) is 20.8 Å². The molecule has 0 radical (unpaired) electrons. The second-order valence-corrected chi connectivity index (χ2v) is 6.49. The SMILES string of the molecule is CCN1CCOC(CN2CCC(C(=O)O)(C(C)C)C2)C1. The number of aliphatic carboxylic acids is 1. The monoisotopic (exact) mass is 284 g/mol. The van der Waals surface area contributed by atoms with Gasteiger partial charge >= 0.3 is 5.97 Å². The molecule has 1 N–H and O–H groups in total. The highest BCUT2D eigenvalue weighted by molar-refractivity contribution is 5.75. The fourth-order valence-corrected chi connectivity index (χ4v) is 3.43. The fourth-order valence-electron chi connectivity index (χ4n) is 3.43. The van der Waals surface area contributed by atoms with Crippen LogP contribution in [-0.4, -0.2) is 72.9 Å². The van der Waals surface area contributed by atoms with Crippen LogP contribution < -0.4 is 0 Å². The van der Waals surface area contributed by atoms with Crippen molar-refractivity contribution in [2.45, 2.75) is 33.3 Å². The van der Waals surface area contributed by atoms with Crippen LogP contribution >= 0.6 is 0 Å². The van der Waals surface area contributed by atoms with E-state index in [1.165, 1.54) is 0 Å². The largest absolute Gasteiger partial charge is 0.481 e. The predicted molar refractivity (Wildman–Crippen MR) is 77.8 cm³/mol. The van der Waals surface area contributed by atoms with Gasteiger partial charge in [0.05, 0.1) is 18.1 Å². The Hall–Kier alpha value is -0.650. The topological polar surface area (TPSA) is 53.0 Å². The second-order valence-electron chi connectivity index (χ2n) is 6.49. The zero-order chi connectivity index (χ0) is 14.8. The molecular weight excluding hydrogens is 256 g/mol. The van der Waals surface area contributed by atoms with Crippen LogP contribution in [0.25, 0.3) is 0 Å². The van der Waals surface area contributed by atoms with Gasteiger partial charge in [-0.3, -0.25) is 14.6 Å². The Labute approximate surface area is 121 Å². The van der Waals surface area contributed by atoms with Crippen molar-refractivity contribution in [3.8, 4) is 0 Å². The van der Waals surface area contributed by atoms with Crippen molar-refractivity contribution in [1.29, 1.82) is 0 Å². The van der Waals surface area contributed by atoms with E-state index in [1.807, 2.05) is 13.8 Å². The number of nitrogens with zero attached hydrogens (tertiary/aromatic N) is 2. The molecule has 2 heterocycles. The lowest BCUT2D eigenvalue weighted by Crippen LogP contribution is -2.48. The van der Waals surface area contributed by atoms with Crippen LogP contribution in [0.15, 0.2) is 0 Å². The third-order valence-corrected chi connectivity index (χ3v) is 5.04. The molecule has 2 atom stereocenters. The maximum absolute atomic E-state index is 11.6. The molecule has 2 saturated heterocycles. The van der Waals surface area contributed by atoms with Crippen molar-refractivity contribution < 1.29 is 14.6 Å². The molecule has 5 nitrogen and oxygen atoms in total. The number of likely N-dealkylation sites (tertiary alicyclic amines) is 1. The zero-order valence-corrected chi connectivity index (χ0v) is 13.0. The molecule has 2 rings (SSSR count). The third kappa shape index (κ3) is 3.15. The van der Waals surface area contributed by atoms with Crippen LogP contribution in [-0.2, 0) is 9.53 Å². The standard InChI is InChI=1S/C15H28N2O3/c1-4-16-7-8-20-13(9-16)10-17-6-5-15(11-17,12(2)3)14(18)19/h12-13H,4-11H2,1-3H3,(H,18,19). The van der Waals surface area contributed by atoms with Crippen LogP contribution in [0.4, 0.5) is 0 Å². The van der Waals surface area contributed by atoms with Gasteiger partial charge in [0, 0.05) is 26.2 Å². The van der Waals surface area contributed by atoms with Crippen molar-refractivity contribution in [1.82, 2.24) is 9.80 Å². The van der Waals surface area contributed by atoms with Crippen molar-refractivity contribution in [3.05, 3.63) is 0 Å². The quantitative estimate of drug-likeness (QED) is 0.820. The summed E-state index contributed by atoms with van der Waals surface area (Å²) in [5.74, 6) is -0.473. The van der Waals surface area contributed by atoms with E-state index in [-0.39, 0.29) is 12.0 Å². The summed E-state index contributed by atoms with van der Waals surface area (Å²) in [6.07, 6.45) is 0.977. The number of ether oxygens (including phenoxy) is 1. The van der Waals surface area contributed by atoms with E-state index < -0.39 is 11.4 Å². The van der Waals surface area contributed by atoms with Crippen molar-refractivity contribution in [2.24, 2.45) is 11.3 Å². The summed E-state index contributed by atoms with van der Waals surface area (Å²) >= 11 is 0.